The van der Waals surface area contributed by atoms with Crippen molar-refractivity contribution in [2.24, 2.45) is 7.05 Å². The summed E-state index contributed by atoms with van der Waals surface area (Å²) in [4.78, 5) is 0.437. The maximum Gasteiger partial charge on any atom is 0.125 e. The molecule has 2 rings (SSSR count). The molecule has 1 unspecified atom stereocenters. The van der Waals surface area contributed by atoms with Gasteiger partial charge in [0.1, 0.15) is 5.82 Å². The Hall–Kier alpha value is -1.21. The van der Waals surface area contributed by atoms with E-state index < -0.39 is 16.6 Å². The van der Waals surface area contributed by atoms with Crippen molar-refractivity contribution in [1.29, 1.82) is 0 Å². The Morgan fingerprint density at radius 1 is 1.53 bits per heavy atom. The van der Waals surface area contributed by atoms with Gasteiger partial charge in [-0.15, -0.1) is 0 Å². The van der Waals surface area contributed by atoms with Crippen LogP contribution in [-0.2, 0) is 23.6 Å². The number of halogens is 2. The highest BCUT2D eigenvalue weighted by molar-refractivity contribution is 9.10. The van der Waals surface area contributed by atoms with Crippen molar-refractivity contribution in [3.63, 3.8) is 0 Å². The van der Waals surface area contributed by atoms with Gasteiger partial charge >= 0.3 is 0 Å². The predicted molar refractivity (Wildman–Crippen MR) is 76.6 cm³/mol. The van der Waals surface area contributed by atoms with Crippen molar-refractivity contribution in [1.82, 2.24) is 9.78 Å². The van der Waals surface area contributed by atoms with Crippen molar-refractivity contribution in [3.05, 3.63) is 39.9 Å². The monoisotopic (exact) mass is 345 g/mol. The number of rotatable bonds is 3. The number of benzene rings is 1. The van der Waals surface area contributed by atoms with Crippen molar-refractivity contribution < 1.29 is 8.60 Å². The molecule has 1 atom stereocenters. The van der Waals surface area contributed by atoms with E-state index in [4.69, 9.17) is 5.73 Å². The fraction of sp³-hybridized carbons (Fsp3) is 0.250. The van der Waals surface area contributed by atoms with Gasteiger partial charge in [-0.05, 0) is 41.1 Å². The van der Waals surface area contributed by atoms with Crippen LogP contribution >= 0.6 is 15.9 Å². The van der Waals surface area contributed by atoms with E-state index in [1.54, 1.807) is 11.7 Å². The third kappa shape index (κ3) is 2.87. The molecule has 0 radical (unpaired) electrons. The third-order valence-corrected chi connectivity index (χ3v) is 5.18. The number of aromatic nitrogens is 2. The quantitative estimate of drug-likeness (QED) is 0.869. The molecule has 0 aliphatic heterocycles. The topological polar surface area (TPSA) is 60.9 Å². The highest BCUT2D eigenvalue weighted by Crippen LogP contribution is 2.25. The van der Waals surface area contributed by atoms with E-state index in [9.17, 15) is 8.60 Å². The van der Waals surface area contributed by atoms with Gasteiger partial charge in [-0.3, -0.25) is 8.89 Å². The zero-order valence-corrected chi connectivity index (χ0v) is 12.9. The number of aryl methyl sites for hydroxylation is 2. The van der Waals surface area contributed by atoms with Gasteiger partial charge in [0.25, 0.3) is 0 Å². The number of hydrogen-bond acceptors (Lipinski definition) is 3. The lowest BCUT2D eigenvalue weighted by molar-refractivity contribution is 0.627. The SMILES string of the molecule is Cc1nn(C)c(CS(=O)c2ccc(F)cc2N)c1Br. The van der Waals surface area contributed by atoms with E-state index in [1.165, 1.54) is 18.2 Å². The summed E-state index contributed by atoms with van der Waals surface area (Å²) in [6, 6.07) is 3.89. The maximum atomic E-state index is 13.0. The summed E-state index contributed by atoms with van der Waals surface area (Å²) in [6.07, 6.45) is 0. The highest BCUT2D eigenvalue weighted by Gasteiger charge is 2.16. The summed E-state index contributed by atoms with van der Waals surface area (Å²) in [5.74, 6) is -0.163. The van der Waals surface area contributed by atoms with Crippen LogP contribution in [0.1, 0.15) is 11.4 Å². The second-order valence-electron chi connectivity index (χ2n) is 4.14. The molecule has 7 heteroatoms. The normalized spacial score (nSPS) is 12.6. The Labute approximate surface area is 121 Å². The lowest BCUT2D eigenvalue weighted by atomic mass is 10.3. The molecule has 2 N–H and O–H groups in total. The second kappa shape index (κ2) is 5.42. The molecule has 0 aliphatic rings. The number of nitrogens with zero attached hydrogens (tertiary/aromatic N) is 2. The number of nitrogen functional groups attached to an aromatic ring is 1. The molecule has 0 amide bonds. The Morgan fingerprint density at radius 3 is 2.74 bits per heavy atom. The van der Waals surface area contributed by atoms with E-state index in [2.05, 4.69) is 21.0 Å². The number of anilines is 1. The van der Waals surface area contributed by atoms with Gasteiger partial charge in [0, 0.05) is 7.05 Å². The molecule has 0 aliphatic carbocycles. The van der Waals surface area contributed by atoms with E-state index in [1.807, 2.05) is 6.92 Å². The molecule has 1 heterocycles. The molecular formula is C12H13BrFN3OS. The van der Waals surface area contributed by atoms with Crippen molar-refractivity contribution in [2.45, 2.75) is 17.6 Å². The van der Waals surface area contributed by atoms with Crippen LogP contribution in [-0.4, -0.2) is 14.0 Å². The van der Waals surface area contributed by atoms with Crippen LogP contribution in [0, 0.1) is 12.7 Å². The van der Waals surface area contributed by atoms with Crippen LogP contribution in [0.4, 0.5) is 10.1 Å². The Morgan fingerprint density at radius 2 is 2.21 bits per heavy atom. The molecule has 0 saturated heterocycles. The van der Waals surface area contributed by atoms with Gasteiger partial charge in [-0.25, -0.2) is 4.39 Å². The van der Waals surface area contributed by atoms with Gasteiger partial charge in [-0.1, -0.05) is 0 Å². The van der Waals surface area contributed by atoms with Gasteiger partial charge in [0.2, 0.25) is 0 Å². The van der Waals surface area contributed by atoms with E-state index >= 15 is 0 Å². The minimum absolute atomic E-state index is 0.202. The van der Waals surface area contributed by atoms with Crippen LogP contribution in [0.25, 0.3) is 0 Å². The Kier molecular flexibility index (Phi) is 4.05. The van der Waals surface area contributed by atoms with E-state index in [-0.39, 0.29) is 11.4 Å². The zero-order valence-electron chi connectivity index (χ0n) is 10.5. The molecular weight excluding hydrogens is 333 g/mol. The van der Waals surface area contributed by atoms with Crippen LogP contribution < -0.4 is 5.73 Å². The largest absolute Gasteiger partial charge is 0.398 e. The van der Waals surface area contributed by atoms with Crippen LogP contribution in [0.5, 0.6) is 0 Å². The van der Waals surface area contributed by atoms with E-state index in [0.29, 0.717) is 4.90 Å². The minimum atomic E-state index is -1.34. The highest BCUT2D eigenvalue weighted by atomic mass is 79.9. The summed E-state index contributed by atoms with van der Waals surface area (Å²) in [5.41, 5.74) is 7.55. The standard InChI is InChI=1S/C12H13BrFN3OS/c1-7-12(13)10(17(2)16-7)6-19(18)11-4-3-8(14)5-9(11)15/h3-5H,6,15H2,1-2H3. The van der Waals surface area contributed by atoms with Gasteiger partial charge in [0.15, 0.2) is 0 Å². The van der Waals surface area contributed by atoms with Crippen LogP contribution in [0.3, 0.4) is 0 Å². The third-order valence-electron chi connectivity index (χ3n) is 2.75. The van der Waals surface area contributed by atoms with Crippen LogP contribution in [0.15, 0.2) is 27.6 Å². The first-order valence-electron chi connectivity index (χ1n) is 5.51. The van der Waals surface area contributed by atoms with E-state index in [0.717, 1.165) is 15.9 Å². The molecule has 4 nitrogen and oxygen atoms in total. The first-order chi connectivity index (χ1) is 8.90. The molecule has 102 valence electrons. The Balaban J connectivity index is 2.31. The van der Waals surface area contributed by atoms with Crippen LogP contribution in [0.2, 0.25) is 0 Å². The Bertz CT molecular complexity index is 657. The molecule has 0 spiro atoms. The summed E-state index contributed by atoms with van der Waals surface area (Å²) in [6.45, 7) is 1.86. The molecule has 1 aromatic heterocycles. The van der Waals surface area contributed by atoms with Gasteiger partial charge < -0.3 is 5.73 Å². The first-order valence-corrected chi connectivity index (χ1v) is 7.62. The first kappa shape index (κ1) is 14.2. The van der Waals surface area contributed by atoms with Crippen molar-refractivity contribution in [2.75, 3.05) is 5.73 Å². The molecule has 0 fully saturated rings. The van der Waals surface area contributed by atoms with Crippen molar-refractivity contribution in [3.8, 4) is 0 Å². The number of nitrogens with two attached hydrogens (primary N) is 1. The van der Waals surface area contributed by atoms with Gasteiger partial charge in [-0.2, -0.15) is 5.10 Å². The molecule has 1 aromatic carbocycles. The fourth-order valence-electron chi connectivity index (χ4n) is 1.77. The summed E-state index contributed by atoms with van der Waals surface area (Å²) in [5, 5.41) is 4.24. The van der Waals surface area contributed by atoms with Gasteiger partial charge in [0.05, 0.1) is 43.0 Å². The lowest BCUT2D eigenvalue weighted by Gasteiger charge is -2.07. The molecule has 19 heavy (non-hydrogen) atoms. The fourth-order valence-corrected chi connectivity index (χ4v) is 3.70. The average Bonchev–Trinajstić information content (AvgIpc) is 2.56. The lowest BCUT2D eigenvalue weighted by Crippen LogP contribution is -2.06. The summed E-state index contributed by atoms with van der Waals surface area (Å²) < 4.78 is 27.8. The molecule has 0 saturated carbocycles. The summed E-state index contributed by atoms with van der Waals surface area (Å²) in [7, 11) is 0.446. The second-order valence-corrected chi connectivity index (χ2v) is 6.35. The zero-order chi connectivity index (χ0) is 14.2. The minimum Gasteiger partial charge on any atom is -0.398 e. The average molecular weight is 346 g/mol. The molecule has 2 aromatic rings. The summed E-state index contributed by atoms with van der Waals surface area (Å²) >= 11 is 3.42. The predicted octanol–water partition coefficient (Wildman–Crippen LogP) is 2.52. The molecule has 0 bridgehead atoms. The maximum absolute atomic E-state index is 13.0. The smallest absolute Gasteiger partial charge is 0.125 e. The number of hydrogen-bond donors (Lipinski definition) is 1. The van der Waals surface area contributed by atoms with Crippen molar-refractivity contribution >= 4 is 32.4 Å².